The van der Waals surface area contributed by atoms with Crippen molar-refractivity contribution in [3.63, 3.8) is 0 Å². The van der Waals surface area contributed by atoms with E-state index in [0.29, 0.717) is 0 Å². The van der Waals surface area contributed by atoms with Crippen molar-refractivity contribution < 1.29 is 13.2 Å². The molecule has 0 unspecified atom stereocenters. The summed E-state index contributed by atoms with van der Waals surface area (Å²) in [5.74, 6) is -0.722. The lowest BCUT2D eigenvalue weighted by Gasteiger charge is -2.05. The molecular formula is C7H4Br2F3N. The molecule has 0 radical (unpaired) electrons. The number of aromatic nitrogens is 1. The summed E-state index contributed by atoms with van der Waals surface area (Å²) in [5.41, 5.74) is -0.314. The fraction of sp³-hybridized carbons (Fsp3) is 0.286. The van der Waals surface area contributed by atoms with Gasteiger partial charge in [-0.2, -0.15) is 0 Å². The third kappa shape index (κ3) is 2.43. The first kappa shape index (κ1) is 11.0. The van der Waals surface area contributed by atoms with E-state index in [1.54, 1.807) is 0 Å². The van der Waals surface area contributed by atoms with Crippen molar-refractivity contribution in [1.82, 2.24) is 4.98 Å². The quantitative estimate of drug-likeness (QED) is 0.756. The molecule has 0 aliphatic carbocycles. The highest BCUT2D eigenvalue weighted by Gasteiger charge is 2.17. The van der Waals surface area contributed by atoms with Crippen LogP contribution in [0.3, 0.4) is 0 Å². The number of nitrogens with zero attached hydrogens (tertiary/aromatic N) is 1. The molecule has 0 atom stereocenters. The first-order valence-corrected chi connectivity index (χ1v) is 5.16. The maximum Gasteiger partial charge on any atom is 0.281 e. The highest BCUT2D eigenvalue weighted by molar-refractivity contribution is 9.10. The van der Waals surface area contributed by atoms with Crippen LogP contribution in [0.2, 0.25) is 0 Å². The summed E-state index contributed by atoms with van der Waals surface area (Å²) in [6.45, 7) is 0. The molecule has 6 heteroatoms. The predicted molar refractivity (Wildman–Crippen MR) is 49.5 cm³/mol. The SMILES string of the molecule is Fc1cc(CBr)nc(C(F)F)c1Br. The molecule has 1 aromatic rings. The van der Waals surface area contributed by atoms with Gasteiger partial charge < -0.3 is 0 Å². The Balaban J connectivity index is 3.25. The van der Waals surface area contributed by atoms with Crippen LogP contribution in [0.15, 0.2) is 10.5 Å². The van der Waals surface area contributed by atoms with Gasteiger partial charge in [-0.05, 0) is 22.0 Å². The highest BCUT2D eigenvalue weighted by Crippen LogP contribution is 2.28. The Morgan fingerprint density at radius 3 is 2.54 bits per heavy atom. The summed E-state index contributed by atoms with van der Waals surface area (Å²) in [7, 11) is 0. The van der Waals surface area contributed by atoms with Gasteiger partial charge in [-0.15, -0.1) is 0 Å². The molecular weight excluding hydrogens is 315 g/mol. The predicted octanol–water partition coefficient (Wildman–Crippen LogP) is 3.82. The standard InChI is InChI=1S/C7H4Br2F3N/c8-2-3-1-4(10)5(9)6(13-3)7(11)12/h1,7H,2H2. The van der Waals surface area contributed by atoms with E-state index < -0.39 is 17.9 Å². The lowest BCUT2D eigenvalue weighted by Crippen LogP contribution is -1.98. The largest absolute Gasteiger partial charge is 0.281 e. The summed E-state index contributed by atoms with van der Waals surface area (Å²) in [6, 6.07) is 1.10. The Morgan fingerprint density at radius 2 is 2.08 bits per heavy atom. The van der Waals surface area contributed by atoms with Crippen molar-refractivity contribution in [2.75, 3.05) is 0 Å². The Hall–Kier alpha value is -0.100. The van der Waals surface area contributed by atoms with Crippen LogP contribution in [0.4, 0.5) is 13.2 Å². The van der Waals surface area contributed by atoms with Gasteiger partial charge in [0.25, 0.3) is 6.43 Å². The average molecular weight is 319 g/mol. The van der Waals surface area contributed by atoms with E-state index in [1.165, 1.54) is 0 Å². The number of halogens is 5. The minimum absolute atomic E-state index is 0.246. The molecule has 72 valence electrons. The first-order chi connectivity index (χ1) is 6.06. The van der Waals surface area contributed by atoms with E-state index in [2.05, 4.69) is 36.8 Å². The second kappa shape index (κ2) is 4.41. The molecule has 1 rings (SSSR count). The van der Waals surface area contributed by atoms with E-state index in [-0.39, 0.29) is 15.5 Å². The van der Waals surface area contributed by atoms with Crippen molar-refractivity contribution in [2.24, 2.45) is 0 Å². The molecule has 0 fully saturated rings. The molecule has 0 N–H and O–H groups in total. The molecule has 0 saturated carbocycles. The van der Waals surface area contributed by atoms with Crippen molar-refractivity contribution in [3.8, 4) is 0 Å². The van der Waals surface area contributed by atoms with Gasteiger partial charge in [0.05, 0.1) is 10.2 Å². The summed E-state index contributed by atoms with van der Waals surface area (Å²) in [6.07, 6.45) is -2.78. The van der Waals surface area contributed by atoms with Gasteiger partial charge in [-0.1, -0.05) is 15.9 Å². The molecule has 0 aliphatic heterocycles. The molecule has 1 nitrogen and oxygen atoms in total. The van der Waals surface area contributed by atoms with Gasteiger partial charge >= 0.3 is 0 Å². The summed E-state index contributed by atoms with van der Waals surface area (Å²) in [5, 5.41) is 0.247. The molecule has 0 saturated heterocycles. The van der Waals surface area contributed by atoms with E-state index >= 15 is 0 Å². The second-order valence-electron chi connectivity index (χ2n) is 2.23. The van der Waals surface area contributed by atoms with Crippen LogP contribution in [-0.2, 0) is 5.33 Å². The number of alkyl halides is 3. The number of hydrogen-bond donors (Lipinski definition) is 0. The maximum atomic E-state index is 12.9. The van der Waals surface area contributed by atoms with Crippen LogP contribution in [0.1, 0.15) is 17.8 Å². The van der Waals surface area contributed by atoms with Gasteiger partial charge in [0.2, 0.25) is 0 Å². The molecule has 0 aromatic carbocycles. The normalized spacial score (nSPS) is 10.9. The zero-order valence-electron chi connectivity index (χ0n) is 6.20. The fourth-order valence-corrected chi connectivity index (χ4v) is 1.44. The maximum absolute atomic E-state index is 12.9. The zero-order chi connectivity index (χ0) is 10.0. The third-order valence-electron chi connectivity index (χ3n) is 1.34. The van der Waals surface area contributed by atoms with E-state index in [9.17, 15) is 13.2 Å². The monoisotopic (exact) mass is 317 g/mol. The van der Waals surface area contributed by atoms with Gasteiger partial charge in [0.15, 0.2) is 0 Å². The number of rotatable bonds is 2. The lowest BCUT2D eigenvalue weighted by atomic mass is 10.3. The minimum Gasteiger partial charge on any atom is -0.250 e. The van der Waals surface area contributed by atoms with Gasteiger partial charge in [-0.3, -0.25) is 0 Å². The lowest BCUT2D eigenvalue weighted by molar-refractivity contribution is 0.144. The Labute approximate surface area is 89.6 Å². The molecule has 0 bridgehead atoms. The Kier molecular flexibility index (Phi) is 3.73. The molecule has 1 aromatic heterocycles. The van der Waals surface area contributed by atoms with Gasteiger partial charge in [0, 0.05) is 5.33 Å². The van der Waals surface area contributed by atoms with Crippen LogP contribution in [0, 0.1) is 5.82 Å². The Bertz CT molecular complexity index is 317. The average Bonchev–Trinajstić information content (AvgIpc) is 2.09. The molecule has 13 heavy (non-hydrogen) atoms. The summed E-state index contributed by atoms with van der Waals surface area (Å²) < 4.78 is 37.2. The third-order valence-corrected chi connectivity index (χ3v) is 2.70. The summed E-state index contributed by atoms with van der Waals surface area (Å²) >= 11 is 5.72. The van der Waals surface area contributed by atoms with E-state index in [0.717, 1.165) is 6.07 Å². The van der Waals surface area contributed by atoms with Gasteiger partial charge in [-0.25, -0.2) is 18.2 Å². The molecule has 1 heterocycles. The van der Waals surface area contributed by atoms with Crippen LogP contribution in [-0.4, -0.2) is 4.98 Å². The molecule has 0 aliphatic rings. The van der Waals surface area contributed by atoms with Crippen molar-refractivity contribution in [2.45, 2.75) is 11.8 Å². The van der Waals surface area contributed by atoms with E-state index in [1.807, 2.05) is 0 Å². The highest BCUT2D eigenvalue weighted by atomic mass is 79.9. The second-order valence-corrected chi connectivity index (χ2v) is 3.58. The fourth-order valence-electron chi connectivity index (χ4n) is 0.781. The van der Waals surface area contributed by atoms with Gasteiger partial charge in [0.1, 0.15) is 11.5 Å². The van der Waals surface area contributed by atoms with Crippen LogP contribution in [0.5, 0.6) is 0 Å². The van der Waals surface area contributed by atoms with Crippen molar-refractivity contribution in [1.29, 1.82) is 0 Å². The smallest absolute Gasteiger partial charge is 0.250 e. The minimum atomic E-state index is -2.78. The van der Waals surface area contributed by atoms with Crippen molar-refractivity contribution >= 4 is 31.9 Å². The summed E-state index contributed by atoms with van der Waals surface area (Å²) in [4.78, 5) is 3.57. The van der Waals surface area contributed by atoms with Crippen LogP contribution >= 0.6 is 31.9 Å². The Morgan fingerprint density at radius 1 is 1.46 bits per heavy atom. The molecule has 0 spiro atoms. The van der Waals surface area contributed by atoms with E-state index in [4.69, 9.17) is 0 Å². The first-order valence-electron chi connectivity index (χ1n) is 3.25. The van der Waals surface area contributed by atoms with Crippen LogP contribution in [0.25, 0.3) is 0 Å². The zero-order valence-corrected chi connectivity index (χ0v) is 9.37. The number of hydrogen-bond acceptors (Lipinski definition) is 1. The van der Waals surface area contributed by atoms with Crippen molar-refractivity contribution in [3.05, 3.63) is 27.7 Å². The van der Waals surface area contributed by atoms with Crippen LogP contribution < -0.4 is 0 Å². The number of pyridine rings is 1. The topological polar surface area (TPSA) is 12.9 Å². The molecule has 0 amide bonds.